The number of ether oxygens (including phenoxy) is 1. The molecule has 0 unspecified atom stereocenters. The lowest BCUT2D eigenvalue weighted by molar-refractivity contribution is 0.100. The third kappa shape index (κ3) is 1.65. The van der Waals surface area contributed by atoms with Crippen molar-refractivity contribution in [2.24, 2.45) is 5.73 Å². The summed E-state index contributed by atoms with van der Waals surface area (Å²) in [6.45, 7) is 0.818. The lowest BCUT2D eigenvalue weighted by atomic mass is 10.2. The molecule has 1 saturated heterocycles. The molecule has 0 saturated carbocycles. The summed E-state index contributed by atoms with van der Waals surface area (Å²) in [7, 11) is 0. The van der Waals surface area contributed by atoms with Gasteiger partial charge in [-0.05, 0) is 6.07 Å². The highest BCUT2D eigenvalue weighted by atomic mass is 16.6. The number of primary amides is 1. The van der Waals surface area contributed by atoms with Gasteiger partial charge in [0.15, 0.2) is 0 Å². The van der Waals surface area contributed by atoms with Crippen molar-refractivity contribution in [3.05, 3.63) is 24.0 Å². The number of fused-ring (bicyclic) bond motifs is 1. The molecule has 1 aliphatic rings. The average molecular weight is 261 g/mol. The number of rotatable bonds is 2. The van der Waals surface area contributed by atoms with Crippen LogP contribution in [0.25, 0.3) is 5.52 Å². The Kier molecular flexibility index (Phi) is 2.31. The Bertz CT molecular complexity index is 693. The summed E-state index contributed by atoms with van der Waals surface area (Å²) in [4.78, 5) is 24.1. The predicted octanol–water partition coefficient (Wildman–Crippen LogP) is -0.0280. The molecule has 4 N–H and O–H groups in total. The van der Waals surface area contributed by atoms with Crippen molar-refractivity contribution in [1.82, 2.24) is 9.61 Å². The van der Waals surface area contributed by atoms with Gasteiger partial charge in [0.2, 0.25) is 0 Å². The molecule has 98 valence electrons. The minimum absolute atomic E-state index is 0.154. The Balaban J connectivity index is 2.13. The molecule has 1 fully saturated rings. The maximum absolute atomic E-state index is 11.5. The molecule has 2 aromatic heterocycles. The summed E-state index contributed by atoms with van der Waals surface area (Å²) >= 11 is 0. The van der Waals surface area contributed by atoms with Crippen molar-refractivity contribution >= 4 is 28.9 Å². The molecule has 1 aliphatic heterocycles. The van der Waals surface area contributed by atoms with E-state index in [4.69, 9.17) is 16.2 Å². The summed E-state index contributed by atoms with van der Waals surface area (Å²) in [5.74, 6) is -0.643. The molecular formula is C11H11N5O3. The largest absolute Gasteiger partial charge is 0.447 e. The van der Waals surface area contributed by atoms with E-state index in [9.17, 15) is 9.59 Å². The fourth-order valence-electron chi connectivity index (χ4n) is 2.03. The van der Waals surface area contributed by atoms with E-state index in [1.807, 2.05) is 0 Å². The first-order valence-electron chi connectivity index (χ1n) is 5.59. The molecule has 0 radical (unpaired) electrons. The maximum atomic E-state index is 11.5. The van der Waals surface area contributed by atoms with Gasteiger partial charge in [-0.2, -0.15) is 5.10 Å². The SMILES string of the molecule is NC(=O)c1cnn2cc(N3CCOC3=O)cc2c1N. The molecule has 8 heteroatoms. The molecule has 0 aliphatic carbocycles. The van der Waals surface area contributed by atoms with Crippen LogP contribution in [0.15, 0.2) is 18.5 Å². The van der Waals surface area contributed by atoms with Crippen LogP contribution < -0.4 is 16.4 Å². The smallest absolute Gasteiger partial charge is 0.414 e. The molecule has 0 aromatic carbocycles. The van der Waals surface area contributed by atoms with E-state index < -0.39 is 12.0 Å². The molecule has 3 rings (SSSR count). The summed E-state index contributed by atoms with van der Waals surface area (Å²) in [6, 6.07) is 1.67. The molecule has 0 atom stereocenters. The van der Waals surface area contributed by atoms with Crippen LogP contribution in [0.2, 0.25) is 0 Å². The number of cyclic esters (lactones) is 1. The molecule has 8 nitrogen and oxygen atoms in total. The van der Waals surface area contributed by atoms with Gasteiger partial charge < -0.3 is 16.2 Å². The van der Waals surface area contributed by atoms with E-state index in [2.05, 4.69) is 5.10 Å². The van der Waals surface area contributed by atoms with Crippen molar-refractivity contribution in [2.45, 2.75) is 0 Å². The highest BCUT2D eigenvalue weighted by Gasteiger charge is 2.25. The number of nitrogens with two attached hydrogens (primary N) is 2. The van der Waals surface area contributed by atoms with Crippen molar-refractivity contribution in [3.63, 3.8) is 0 Å². The minimum atomic E-state index is -0.643. The highest BCUT2D eigenvalue weighted by Crippen LogP contribution is 2.26. The number of amides is 2. The molecule has 3 heterocycles. The van der Waals surface area contributed by atoms with Crippen LogP contribution in [0.4, 0.5) is 16.2 Å². The topological polar surface area (TPSA) is 116 Å². The van der Waals surface area contributed by atoms with Crippen molar-refractivity contribution in [1.29, 1.82) is 0 Å². The Hall–Kier alpha value is -2.77. The molecule has 0 bridgehead atoms. The summed E-state index contributed by atoms with van der Waals surface area (Å²) < 4.78 is 6.35. The number of carbonyl (C=O) groups excluding carboxylic acids is 2. The molecule has 2 aromatic rings. The van der Waals surface area contributed by atoms with E-state index in [1.54, 1.807) is 12.3 Å². The van der Waals surface area contributed by atoms with Gasteiger partial charge in [-0.15, -0.1) is 0 Å². The van der Waals surface area contributed by atoms with Gasteiger partial charge in [0.05, 0.1) is 41.4 Å². The number of nitrogens with zero attached hydrogens (tertiary/aromatic N) is 3. The number of nitrogen functional groups attached to an aromatic ring is 1. The van der Waals surface area contributed by atoms with E-state index in [-0.39, 0.29) is 11.3 Å². The van der Waals surface area contributed by atoms with E-state index >= 15 is 0 Å². The zero-order valence-corrected chi connectivity index (χ0v) is 9.87. The van der Waals surface area contributed by atoms with Gasteiger partial charge in [-0.25, -0.2) is 9.31 Å². The van der Waals surface area contributed by atoms with Crippen LogP contribution in [0.1, 0.15) is 10.4 Å². The second kappa shape index (κ2) is 3.87. The van der Waals surface area contributed by atoms with E-state index in [1.165, 1.54) is 15.6 Å². The van der Waals surface area contributed by atoms with Crippen LogP contribution in [-0.4, -0.2) is 34.8 Å². The number of hydrogen-bond donors (Lipinski definition) is 2. The molecular weight excluding hydrogens is 250 g/mol. The van der Waals surface area contributed by atoms with Gasteiger partial charge in [-0.3, -0.25) is 9.69 Å². The Morgan fingerprint density at radius 2 is 2.26 bits per heavy atom. The van der Waals surface area contributed by atoms with Gasteiger partial charge >= 0.3 is 6.09 Å². The average Bonchev–Trinajstić information content (AvgIpc) is 2.94. The monoisotopic (exact) mass is 261 g/mol. The Labute approximate surface area is 107 Å². The molecule has 19 heavy (non-hydrogen) atoms. The second-order valence-corrected chi connectivity index (χ2v) is 4.13. The van der Waals surface area contributed by atoms with Gasteiger partial charge in [0, 0.05) is 0 Å². The minimum Gasteiger partial charge on any atom is -0.447 e. The predicted molar refractivity (Wildman–Crippen MR) is 66.8 cm³/mol. The third-order valence-corrected chi connectivity index (χ3v) is 3.00. The highest BCUT2D eigenvalue weighted by molar-refractivity contribution is 6.01. The standard InChI is InChI=1S/C11H11N5O3/c12-9-7(10(13)17)4-14-16-5-6(3-8(9)16)15-1-2-19-11(15)18/h3-5H,1-2,12H2,(H2,13,17). The molecule has 0 spiro atoms. The van der Waals surface area contributed by atoms with Crippen LogP contribution in [0.3, 0.4) is 0 Å². The Morgan fingerprint density at radius 3 is 2.89 bits per heavy atom. The first kappa shape index (κ1) is 11.3. The van der Waals surface area contributed by atoms with Gasteiger partial charge in [-0.1, -0.05) is 0 Å². The normalized spacial score (nSPS) is 14.9. The van der Waals surface area contributed by atoms with Crippen LogP contribution in [0, 0.1) is 0 Å². The zero-order chi connectivity index (χ0) is 13.6. The Morgan fingerprint density at radius 1 is 1.47 bits per heavy atom. The van der Waals surface area contributed by atoms with Crippen LogP contribution in [0.5, 0.6) is 0 Å². The maximum Gasteiger partial charge on any atom is 0.414 e. The van der Waals surface area contributed by atoms with Gasteiger partial charge in [0.25, 0.3) is 5.91 Å². The first-order valence-corrected chi connectivity index (χ1v) is 5.59. The first-order chi connectivity index (χ1) is 9.08. The van der Waals surface area contributed by atoms with E-state index in [0.29, 0.717) is 24.4 Å². The number of carbonyl (C=O) groups is 2. The van der Waals surface area contributed by atoms with Crippen molar-refractivity contribution in [3.8, 4) is 0 Å². The summed E-state index contributed by atoms with van der Waals surface area (Å²) in [5, 5.41) is 4.04. The fraction of sp³-hybridized carbons (Fsp3) is 0.182. The lowest BCUT2D eigenvalue weighted by Gasteiger charge is -2.08. The summed E-state index contributed by atoms with van der Waals surface area (Å²) in [6.07, 6.45) is 2.53. The summed E-state index contributed by atoms with van der Waals surface area (Å²) in [5.41, 5.74) is 12.6. The van der Waals surface area contributed by atoms with Crippen molar-refractivity contribution < 1.29 is 14.3 Å². The lowest BCUT2D eigenvalue weighted by Crippen LogP contribution is -2.22. The van der Waals surface area contributed by atoms with Gasteiger partial charge in [0.1, 0.15) is 6.61 Å². The zero-order valence-electron chi connectivity index (χ0n) is 9.87. The quantitative estimate of drug-likeness (QED) is 0.787. The number of aromatic nitrogens is 2. The third-order valence-electron chi connectivity index (χ3n) is 3.00. The second-order valence-electron chi connectivity index (χ2n) is 4.13. The fourth-order valence-corrected chi connectivity index (χ4v) is 2.03. The number of hydrogen-bond acceptors (Lipinski definition) is 5. The van der Waals surface area contributed by atoms with E-state index in [0.717, 1.165) is 0 Å². The number of anilines is 2. The van der Waals surface area contributed by atoms with Crippen LogP contribution >= 0.6 is 0 Å². The van der Waals surface area contributed by atoms with Crippen LogP contribution in [-0.2, 0) is 4.74 Å². The van der Waals surface area contributed by atoms with Crippen molar-refractivity contribution in [2.75, 3.05) is 23.8 Å². The molecule has 2 amide bonds.